The lowest BCUT2D eigenvalue weighted by Crippen LogP contribution is -2.55. The Hall–Kier alpha value is -3.22. The van der Waals surface area contributed by atoms with Gasteiger partial charge in [-0.15, -0.1) is 0 Å². The number of rotatable bonds is 4. The zero-order chi connectivity index (χ0) is 20.7. The van der Waals surface area contributed by atoms with E-state index in [0.29, 0.717) is 12.0 Å². The van der Waals surface area contributed by atoms with Crippen LogP contribution < -0.4 is 9.80 Å². The van der Waals surface area contributed by atoms with E-state index < -0.39 is 0 Å². The molecule has 1 saturated carbocycles. The van der Waals surface area contributed by atoms with Gasteiger partial charge in [0.05, 0.1) is 6.20 Å². The molecule has 1 aliphatic carbocycles. The number of imidazole rings is 1. The number of amides is 1. The number of anilines is 2. The van der Waals surface area contributed by atoms with Crippen molar-refractivity contribution in [3.05, 3.63) is 48.9 Å². The summed E-state index contributed by atoms with van der Waals surface area (Å²) in [5.74, 6) is 2.36. The van der Waals surface area contributed by atoms with Gasteiger partial charge in [0.25, 0.3) is 0 Å². The lowest BCUT2D eigenvalue weighted by atomic mass is 10.0. The Bertz CT molecular complexity index is 1060. The minimum atomic E-state index is -0.176. The molecule has 0 radical (unpaired) electrons. The van der Waals surface area contributed by atoms with Crippen LogP contribution in [0.15, 0.2) is 48.9 Å². The summed E-state index contributed by atoms with van der Waals surface area (Å²) in [5.41, 5.74) is 1.79. The average Bonchev–Trinajstić information content (AvgIpc) is 3.48. The van der Waals surface area contributed by atoms with E-state index in [2.05, 4.69) is 21.8 Å². The van der Waals surface area contributed by atoms with Crippen molar-refractivity contribution in [1.29, 1.82) is 0 Å². The van der Waals surface area contributed by atoms with Gasteiger partial charge in [0.15, 0.2) is 5.82 Å². The first-order valence-electron chi connectivity index (χ1n) is 10.7. The Morgan fingerprint density at radius 1 is 1.10 bits per heavy atom. The Labute approximate surface area is 176 Å². The highest BCUT2D eigenvalue weighted by Crippen LogP contribution is 2.39. The molecule has 0 bridgehead atoms. The van der Waals surface area contributed by atoms with Crippen LogP contribution in [-0.2, 0) is 4.79 Å². The lowest BCUT2D eigenvalue weighted by Gasteiger charge is -2.43. The third-order valence-electron chi connectivity index (χ3n) is 6.29. The van der Waals surface area contributed by atoms with Crippen LogP contribution in [0.3, 0.4) is 0 Å². The van der Waals surface area contributed by atoms with Gasteiger partial charge in [-0.1, -0.05) is 50.1 Å². The summed E-state index contributed by atoms with van der Waals surface area (Å²) < 4.78 is 1.92. The highest BCUT2D eigenvalue weighted by Gasteiger charge is 2.41. The van der Waals surface area contributed by atoms with Crippen LogP contribution in [0.4, 0.5) is 11.5 Å². The van der Waals surface area contributed by atoms with Crippen molar-refractivity contribution in [1.82, 2.24) is 19.5 Å². The van der Waals surface area contributed by atoms with E-state index in [1.54, 1.807) is 17.3 Å². The zero-order valence-corrected chi connectivity index (χ0v) is 17.4. The van der Waals surface area contributed by atoms with Crippen LogP contribution in [0.1, 0.15) is 39.0 Å². The van der Waals surface area contributed by atoms with E-state index in [1.165, 1.54) is 12.8 Å². The Balaban J connectivity index is 1.63. The van der Waals surface area contributed by atoms with E-state index >= 15 is 0 Å². The summed E-state index contributed by atoms with van der Waals surface area (Å²) in [4.78, 5) is 31.2. The molecule has 154 valence electrons. The molecule has 1 aromatic carbocycles. The summed E-state index contributed by atoms with van der Waals surface area (Å²) >= 11 is 0. The molecule has 1 amide bonds. The van der Waals surface area contributed by atoms with Crippen molar-refractivity contribution < 1.29 is 4.79 Å². The maximum atomic E-state index is 13.1. The second kappa shape index (κ2) is 7.55. The predicted molar refractivity (Wildman–Crippen MR) is 117 cm³/mol. The van der Waals surface area contributed by atoms with Gasteiger partial charge < -0.3 is 9.80 Å². The van der Waals surface area contributed by atoms with Gasteiger partial charge in [0.2, 0.25) is 11.9 Å². The van der Waals surface area contributed by atoms with E-state index in [0.717, 1.165) is 42.2 Å². The molecule has 1 fully saturated rings. The maximum absolute atomic E-state index is 13.1. The van der Waals surface area contributed by atoms with Gasteiger partial charge >= 0.3 is 0 Å². The summed E-state index contributed by atoms with van der Waals surface area (Å²) in [6, 6.07) is 10.2. The van der Waals surface area contributed by atoms with Crippen molar-refractivity contribution >= 4 is 17.4 Å². The van der Waals surface area contributed by atoms with E-state index in [-0.39, 0.29) is 11.9 Å². The molecule has 0 N–H and O–H groups in total. The molecule has 7 nitrogen and oxygen atoms in total. The number of hydrogen-bond acceptors (Lipinski definition) is 5. The summed E-state index contributed by atoms with van der Waals surface area (Å²) in [5, 5.41) is 0. The molecule has 1 atom stereocenters. The van der Waals surface area contributed by atoms with Gasteiger partial charge in [-0.25, -0.2) is 9.97 Å². The molecule has 2 aliphatic rings. The zero-order valence-electron chi connectivity index (χ0n) is 17.4. The Morgan fingerprint density at radius 2 is 1.87 bits per heavy atom. The number of hydrogen-bond donors (Lipinski definition) is 0. The Kier molecular flexibility index (Phi) is 4.73. The predicted octanol–water partition coefficient (Wildman–Crippen LogP) is 3.83. The van der Waals surface area contributed by atoms with E-state index in [9.17, 15) is 4.79 Å². The fourth-order valence-electron chi connectivity index (χ4n) is 4.76. The van der Waals surface area contributed by atoms with Crippen LogP contribution >= 0.6 is 0 Å². The summed E-state index contributed by atoms with van der Waals surface area (Å²) in [6.07, 6.45) is 10.8. The molecule has 2 aromatic heterocycles. The smallest absolute Gasteiger partial charge is 0.249 e. The van der Waals surface area contributed by atoms with Crippen LogP contribution in [0.2, 0.25) is 0 Å². The first-order valence-corrected chi connectivity index (χ1v) is 10.7. The van der Waals surface area contributed by atoms with E-state index in [4.69, 9.17) is 4.98 Å². The van der Waals surface area contributed by atoms with Crippen LogP contribution in [0.5, 0.6) is 0 Å². The molecule has 0 spiro atoms. The largest absolute Gasteiger partial charge is 0.340 e. The summed E-state index contributed by atoms with van der Waals surface area (Å²) in [6.45, 7) is 2.08. The normalized spacial score (nSPS) is 19.4. The van der Waals surface area contributed by atoms with Gasteiger partial charge in [-0.2, -0.15) is 4.98 Å². The number of aromatic nitrogens is 4. The van der Waals surface area contributed by atoms with Crippen LogP contribution in [-0.4, -0.2) is 44.6 Å². The monoisotopic (exact) mass is 402 g/mol. The van der Waals surface area contributed by atoms with Crippen molar-refractivity contribution in [3.8, 4) is 17.3 Å². The first kappa shape index (κ1) is 18.8. The lowest BCUT2D eigenvalue weighted by molar-refractivity contribution is -0.120. The van der Waals surface area contributed by atoms with E-state index in [1.807, 2.05) is 48.1 Å². The number of likely N-dealkylation sites (N-methyl/N-ethyl adjacent to an activating group) is 1. The van der Waals surface area contributed by atoms with Crippen LogP contribution in [0, 0.1) is 0 Å². The highest BCUT2D eigenvalue weighted by atomic mass is 16.2. The molecule has 0 unspecified atom stereocenters. The quantitative estimate of drug-likeness (QED) is 0.663. The molecule has 3 aromatic rings. The second-order valence-corrected chi connectivity index (χ2v) is 8.03. The highest BCUT2D eigenvalue weighted by molar-refractivity contribution is 6.04. The van der Waals surface area contributed by atoms with Gasteiger partial charge in [0, 0.05) is 31.0 Å². The molecular weight excluding hydrogens is 376 g/mol. The molecule has 7 heteroatoms. The fourth-order valence-corrected chi connectivity index (χ4v) is 4.76. The standard InChI is InChI=1S/C23H26N6O/c1-3-18-22(30)27(2)19-15-25-23(26-21(19)29(18)17-11-7-8-12-17)28-14-13-24-20(28)16-9-5-4-6-10-16/h4-6,9-10,13-15,17-18H,3,7-8,11-12H2,1-2H3/t18-/m1/s1. The average molecular weight is 403 g/mol. The molecule has 3 heterocycles. The Morgan fingerprint density at radius 3 is 2.60 bits per heavy atom. The van der Waals surface area contributed by atoms with Gasteiger partial charge in [0.1, 0.15) is 17.6 Å². The number of carbonyl (C=O) groups excluding carboxylic acids is 1. The summed E-state index contributed by atoms with van der Waals surface area (Å²) in [7, 11) is 1.82. The van der Waals surface area contributed by atoms with Crippen molar-refractivity contribution in [3.63, 3.8) is 0 Å². The minimum absolute atomic E-state index is 0.126. The molecular formula is C23H26N6O. The number of fused-ring (bicyclic) bond motifs is 1. The topological polar surface area (TPSA) is 67.2 Å². The van der Waals surface area contributed by atoms with Crippen molar-refractivity contribution in [2.75, 3.05) is 16.8 Å². The minimum Gasteiger partial charge on any atom is -0.340 e. The molecule has 1 aliphatic heterocycles. The maximum Gasteiger partial charge on any atom is 0.249 e. The fraction of sp³-hybridized carbons (Fsp3) is 0.391. The van der Waals surface area contributed by atoms with Crippen molar-refractivity contribution in [2.24, 2.45) is 0 Å². The number of benzene rings is 1. The SMILES string of the molecule is CC[C@@H]1C(=O)N(C)c2cnc(-n3ccnc3-c3ccccc3)nc2N1C1CCCC1. The molecule has 5 rings (SSSR count). The number of carbonyl (C=O) groups is 1. The van der Waals surface area contributed by atoms with Gasteiger partial charge in [-0.3, -0.25) is 9.36 Å². The third kappa shape index (κ3) is 2.96. The van der Waals surface area contributed by atoms with Gasteiger partial charge in [-0.05, 0) is 19.3 Å². The van der Waals surface area contributed by atoms with Crippen molar-refractivity contribution in [2.45, 2.75) is 51.1 Å². The first-order chi connectivity index (χ1) is 14.7. The molecule has 30 heavy (non-hydrogen) atoms. The van der Waals surface area contributed by atoms with Crippen LogP contribution in [0.25, 0.3) is 17.3 Å². The number of nitrogens with zero attached hydrogens (tertiary/aromatic N) is 6. The second-order valence-electron chi connectivity index (χ2n) is 8.03. The third-order valence-corrected chi connectivity index (χ3v) is 6.29. The molecule has 0 saturated heterocycles.